The number of anilines is 6. The topological polar surface area (TPSA) is 6.48 Å². The van der Waals surface area contributed by atoms with Crippen LogP contribution < -0.4 is 30.5 Å². The van der Waals surface area contributed by atoms with Crippen LogP contribution in [0.4, 0.5) is 34.1 Å². The first-order valence-corrected chi connectivity index (χ1v) is 38.3. The van der Waals surface area contributed by atoms with E-state index in [4.69, 9.17) is 0 Å². The largest absolute Gasteiger partial charge is 0.311 e. The fourth-order valence-corrected chi connectivity index (χ4v) is 13.4. The highest BCUT2D eigenvalue weighted by Crippen LogP contribution is 2.37. The van der Waals surface area contributed by atoms with E-state index in [-0.39, 0.29) is 0 Å². The van der Waals surface area contributed by atoms with Gasteiger partial charge in [0, 0.05) is 34.1 Å². The Morgan fingerprint density at radius 3 is 0.559 bits per heavy atom. The maximum atomic E-state index is 2.41. The molecule has 0 atom stereocenters. The molecule has 8 aromatic carbocycles. The standard InChI is InChI=1S/C62H70N2Si4/c1-65(2,3)59-39-31-55(32-40-59)63(56-33-41-60(42-34-56)66(4,5)6)53-27-23-51(24-28-53)49-19-15-47(16-20-49)13-14-48-17-21-50(22-18-48)52-25-29-54(30-26-52)64(57-35-43-61(44-36-57)67(7,8)9)58-37-45-62(46-38-58)68(10,11)12/h13-46H,1-12H3. The molecule has 8 aromatic rings. The van der Waals surface area contributed by atoms with Gasteiger partial charge in [-0.05, 0) is 106 Å². The lowest BCUT2D eigenvalue weighted by molar-refractivity contribution is 1.29. The average Bonchev–Trinajstić information content (AvgIpc) is 3.31. The summed E-state index contributed by atoms with van der Waals surface area (Å²) in [5, 5.41) is 5.89. The van der Waals surface area contributed by atoms with E-state index in [1.54, 1.807) is 0 Å². The van der Waals surface area contributed by atoms with Crippen LogP contribution in [0.5, 0.6) is 0 Å². The average molecular weight is 956 g/mol. The Bertz CT molecular complexity index is 2620. The molecule has 0 bridgehead atoms. The van der Waals surface area contributed by atoms with Gasteiger partial charge in [-0.15, -0.1) is 0 Å². The highest BCUT2D eigenvalue weighted by molar-refractivity contribution is 6.90. The predicted octanol–water partition coefficient (Wildman–Crippen LogP) is 16.3. The first kappa shape index (κ1) is 48.4. The van der Waals surface area contributed by atoms with E-state index in [0.717, 1.165) is 11.4 Å². The number of hydrogen-bond acceptors (Lipinski definition) is 2. The van der Waals surface area contributed by atoms with Gasteiger partial charge in [-0.25, -0.2) is 0 Å². The second-order valence-electron chi connectivity index (χ2n) is 22.5. The summed E-state index contributed by atoms with van der Waals surface area (Å²) in [5.41, 5.74) is 14.2. The Balaban J connectivity index is 0.958. The summed E-state index contributed by atoms with van der Waals surface area (Å²) >= 11 is 0. The highest BCUT2D eigenvalue weighted by atomic mass is 28.3. The van der Waals surface area contributed by atoms with Gasteiger partial charge < -0.3 is 9.80 Å². The van der Waals surface area contributed by atoms with Gasteiger partial charge in [-0.1, -0.05) is 233 Å². The summed E-state index contributed by atoms with van der Waals surface area (Å²) in [5.74, 6) is 0. The predicted molar refractivity (Wildman–Crippen MR) is 314 cm³/mol. The van der Waals surface area contributed by atoms with E-state index < -0.39 is 32.3 Å². The Morgan fingerprint density at radius 1 is 0.221 bits per heavy atom. The summed E-state index contributed by atoms with van der Waals surface area (Å²) in [4.78, 5) is 4.78. The van der Waals surface area contributed by atoms with Crippen molar-refractivity contribution in [3.63, 3.8) is 0 Å². The first-order valence-electron chi connectivity index (χ1n) is 24.3. The fraction of sp³-hybridized carbons (Fsp3) is 0.194. The molecule has 68 heavy (non-hydrogen) atoms. The van der Waals surface area contributed by atoms with Crippen LogP contribution in [0.1, 0.15) is 11.1 Å². The summed E-state index contributed by atoms with van der Waals surface area (Å²) in [7, 11) is -5.64. The van der Waals surface area contributed by atoms with Crippen molar-refractivity contribution >= 4 is 99.3 Å². The molecule has 344 valence electrons. The van der Waals surface area contributed by atoms with Crippen LogP contribution in [-0.4, -0.2) is 32.3 Å². The minimum Gasteiger partial charge on any atom is -0.311 e. The number of nitrogens with zero attached hydrogens (tertiary/aromatic N) is 2. The molecule has 0 unspecified atom stereocenters. The molecule has 0 fully saturated rings. The minimum absolute atomic E-state index is 1.15. The molecule has 0 aromatic heterocycles. The Morgan fingerprint density at radius 2 is 0.382 bits per heavy atom. The quantitative estimate of drug-likeness (QED) is 0.0792. The van der Waals surface area contributed by atoms with E-state index in [1.807, 2.05) is 0 Å². The lowest BCUT2D eigenvalue weighted by Crippen LogP contribution is -2.37. The second kappa shape index (κ2) is 19.5. The lowest BCUT2D eigenvalue weighted by atomic mass is 10.0. The summed E-state index contributed by atoms with van der Waals surface area (Å²) in [6, 6.07) is 72.9. The van der Waals surface area contributed by atoms with Crippen molar-refractivity contribution < 1.29 is 0 Å². The zero-order valence-electron chi connectivity index (χ0n) is 42.5. The van der Waals surface area contributed by atoms with Crippen LogP contribution in [0, 0.1) is 0 Å². The van der Waals surface area contributed by atoms with Gasteiger partial charge in [-0.2, -0.15) is 0 Å². The molecular formula is C62H70N2Si4. The van der Waals surface area contributed by atoms with Gasteiger partial charge in [-0.3, -0.25) is 0 Å². The van der Waals surface area contributed by atoms with Crippen LogP contribution in [0.3, 0.4) is 0 Å². The van der Waals surface area contributed by atoms with Gasteiger partial charge in [0.2, 0.25) is 0 Å². The monoisotopic (exact) mass is 954 g/mol. The number of benzene rings is 8. The molecule has 0 saturated carbocycles. The van der Waals surface area contributed by atoms with Gasteiger partial charge in [0.1, 0.15) is 0 Å². The van der Waals surface area contributed by atoms with Crippen molar-refractivity contribution in [1.29, 1.82) is 0 Å². The molecule has 0 radical (unpaired) electrons. The van der Waals surface area contributed by atoms with Gasteiger partial charge >= 0.3 is 0 Å². The van der Waals surface area contributed by atoms with E-state index in [1.165, 1.54) is 76.9 Å². The SMILES string of the molecule is C[Si](C)(C)c1ccc(N(c2ccc(-c3ccc(C=Cc4ccc(-c5ccc(N(c6ccc([Si](C)(C)C)cc6)c6ccc([Si](C)(C)C)cc6)cc5)cc4)cc3)cc2)c2ccc([Si](C)(C)C)cc2)cc1. The van der Waals surface area contributed by atoms with Crippen LogP contribution in [0.2, 0.25) is 78.6 Å². The molecular weight excluding hydrogens is 885 g/mol. The van der Waals surface area contributed by atoms with Crippen molar-refractivity contribution in [2.75, 3.05) is 9.80 Å². The third-order valence-corrected chi connectivity index (χ3v) is 21.4. The molecule has 0 spiro atoms. The van der Waals surface area contributed by atoms with Crippen molar-refractivity contribution in [3.8, 4) is 22.3 Å². The van der Waals surface area contributed by atoms with Gasteiger partial charge in [0.25, 0.3) is 0 Å². The Labute approximate surface area is 412 Å². The minimum atomic E-state index is -1.41. The van der Waals surface area contributed by atoms with Crippen molar-refractivity contribution in [3.05, 3.63) is 205 Å². The zero-order chi connectivity index (χ0) is 48.4. The normalized spacial score (nSPS) is 12.4. The van der Waals surface area contributed by atoms with Gasteiger partial charge in [0.15, 0.2) is 0 Å². The maximum absolute atomic E-state index is 2.41. The zero-order valence-corrected chi connectivity index (χ0v) is 46.5. The fourth-order valence-electron chi connectivity index (χ4n) is 8.71. The van der Waals surface area contributed by atoms with Crippen LogP contribution in [0.25, 0.3) is 34.4 Å². The summed E-state index contributed by atoms with van der Waals surface area (Å²) < 4.78 is 0. The molecule has 0 aliphatic rings. The third-order valence-electron chi connectivity index (χ3n) is 13.2. The molecule has 0 saturated heterocycles. The molecule has 0 N–H and O–H groups in total. The maximum Gasteiger partial charge on any atom is 0.0775 e. The second-order valence-corrected chi connectivity index (χ2v) is 42.8. The molecule has 0 amide bonds. The van der Waals surface area contributed by atoms with Gasteiger partial charge in [0.05, 0.1) is 32.3 Å². The molecule has 0 aliphatic heterocycles. The smallest absolute Gasteiger partial charge is 0.0775 e. The molecule has 8 rings (SSSR count). The van der Waals surface area contributed by atoms with Crippen LogP contribution in [-0.2, 0) is 0 Å². The first-order chi connectivity index (χ1) is 32.2. The van der Waals surface area contributed by atoms with Crippen LogP contribution >= 0.6 is 0 Å². The molecule has 2 nitrogen and oxygen atoms in total. The van der Waals surface area contributed by atoms with Crippen molar-refractivity contribution in [2.24, 2.45) is 0 Å². The molecule has 6 heteroatoms. The van der Waals surface area contributed by atoms with Crippen LogP contribution in [0.15, 0.2) is 194 Å². The van der Waals surface area contributed by atoms with E-state index in [9.17, 15) is 0 Å². The van der Waals surface area contributed by atoms with E-state index in [0.29, 0.717) is 0 Å². The highest BCUT2D eigenvalue weighted by Gasteiger charge is 2.22. The Hall–Kier alpha value is -6.03. The van der Waals surface area contributed by atoms with Crippen molar-refractivity contribution in [2.45, 2.75) is 78.6 Å². The third kappa shape index (κ3) is 11.4. The van der Waals surface area contributed by atoms with E-state index >= 15 is 0 Å². The van der Waals surface area contributed by atoms with E-state index in [2.05, 4.69) is 295 Å². The van der Waals surface area contributed by atoms with Crippen molar-refractivity contribution in [1.82, 2.24) is 0 Å². The number of rotatable bonds is 14. The molecule has 0 heterocycles. The molecule has 0 aliphatic carbocycles. The summed E-state index contributed by atoms with van der Waals surface area (Å²) in [6.45, 7) is 28.9. The lowest BCUT2D eigenvalue weighted by Gasteiger charge is -2.27. The Kier molecular flexibility index (Phi) is 13.9. The summed E-state index contributed by atoms with van der Waals surface area (Å²) in [6.07, 6.45) is 4.41. The number of hydrogen-bond donors (Lipinski definition) is 0.